The van der Waals surface area contributed by atoms with Crippen molar-refractivity contribution in [1.82, 2.24) is 0 Å². The Morgan fingerprint density at radius 3 is 2.38 bits per heavy atom. The summed E-state index contributed by atoms with van der Waals surface area (Å²) in [5, 5.41) is 47.6. The average Bonchev–Trinajstić information content (AvgIpc) is 2.51. The number of carbonyl (C=O) groups excluding carboxylic acids is 1. The lowest BCUT2D eigenvalue weighted by molar-refractivity contribution is -0.196. The maximum atomic E-state index is 11.8. The summed E-state index contributed by atoms with van der Waals surface area (Å²) in [6.07, 6.45) is -3.00. The summed E-state index contributed by atoms with van der Waals surface area (Å²) in [5.41, 5.74) is -1.67. The Hall–Kier alpha value is -2.42. The molecule has 1 fully saturated rings. The van der Waals surface area contributed by atoms with Gasteiger partial charge in [0.15, 0.2) is 5.60 Å². The Morgan fingerprint density at radius 2 is 1.79 bits per heavy atom. The van der Waals surface area contributed by atoms with Crippen molar-refractivity contribution in [2.45, 2.75) is 36.8 Å². The van der Waals surface area contributed by atoms with Gasteiger partial charge in [-0.15, -0.1) is 0 Å². The molecule has 0 saturated heterocycles. The van der Waals surface area contributed by atoms with Crippen molar-refractivity contribution in [3.63, 3.8) is 0 Å². The maximum absolute atomic E-state index is 11.8. The van der Waals surface area contributed by atoms with Crippen LogP contribution >= 0.6 is 0 Å². The monoisotopic (exact) mass is 338 g/mol. The van der Waals surface area contributed by atoms with E-state index in [1.807, 2.05) is 0 Å². The van der Waals surface area contributed by atoms with Crippen LogP contribution in [-0.2, 0) is 14.3 Å². The van der Waals surface area contributed by atoms with Crippen LogP contribution in [0.1, 0.15) is 18.4 Å². The molecule has 8 nitrogen and oxygen atoms in total. The number of aromatic hydroxyl groups is 1. The number of phenols is 1. The largest absolute Gasteiger partial charge is 0.508 e. The van der Waals surface area contributed by atoms with Gasteiger partial charge >= 0.3 is 11.9 Å². The van der Waals surface area contributed by atoms with E-state index in [2.05, 4.69) is 0 Å². The Kier molecular flexibility index (Phi) is 5.23. The van der Waals surface area contributed by atoms with Gasteiger partial charge in [-0.3, -0.25) is 0 Å². The van der Waals surface area contributed by atoms with Crippen molar-refractivity contribution >= 4 is 18.0 Å². The minimum atomic E-state index is -2.27. The number of hydrogen-bond donors (Lipinski definition) is 5. The summed E-state index contributed by atoms with van der Waals surface area (Å²) in [6.45, 7) is 0. The molecule has 130 valence electrons. The molecule has 1 aliphatic carbocycles. The highest BCUT2D eigenvalue weighted by Crippen LogP contribution is 2.31. The zero-order valence-electron chi connectivity index (χ0n) is 12.6. The summed E-state index contributed by atoms with van der Waals surface area (Å²) in [7, 11) is 0. The van der Waals surface area contributed by atoms with Gasteiger partial charge in [-0.2, -0.15) is 0 Å². The van der Waals surface area contributed by atoms with Gasteiger partial charge in [0.1, 0.15) is 18.0 Å². The first-order valence-corrected chi connectivity index (χ1v) is 7.21. The van der Waals surface area contributed by atoms with E-state index in [0.29, 0.717) is 5.56 Å². The summed E-state index contributed by atoms with van der Waals surface area (Å²) < 4.78 is 4.96. The normalized spacial score (nSPS) is 30.2. The van der Waals surface area contributed by atoms with E-state index >= 15 is 0 Å². The summed E-state index contributed by atoms with van der Waals surface area (Å²) in [6, 6.07) is 5.97. The predicted octanol–water partition coefficient (Wildman–Crippen LogP) is -0.352. The summed E-state index contributed by atoms with van der Waals surface area (Å²) >= 11 is 0. The highest BCUT2D eigenvalue weighted by atomic mass is 16.6. The molecule has 0 spiro atoms. The van der Waals surface area contributed by atoms with Crippen LogP contribution in [0.2, 0.25) is 0 Å². The maximum Gasteiger partial charge on any atom is 0.335 e. The highest BCUT2D eigenvalue weighted by molar-refractivity contribution is 5.87. The molecule has 0 heterocycles. The number of aliphatic carboxylic acids is 1. The highest BCUT2D eigenvalue weighted by Gasteiger charge is 2.50. The molecule has 1 aliphatic rings. The van der Waals surface area contributed by atoms with Crippen molar-refractivity contribution in [3.05, 3.63) is 35.9 Å². The van der Waals surface area contributed by atoms with Gasteiger partial charge < -0.3 is 30.3 Å². The van der Waals surface area contributed by atoms with Crippen LogP contribution in [0.4, 0.5) is 0 Å². The van der Waals surface area contributed by atoms with Crippen LogP contribution in [0.5, 0.6) is 5.75 Å². The molecule has 1 saturated carbocycles. The number of carboxylic acid groups (broad SMARTS) is 1. The lowest BCUT2D eigenvalue weighted by Crippen LogP contribution is -2.57. The zero-order valence-corrected chi connectivity index (χ0v) is 12.6. The fourth-order valence-corrected chi connectivity index (χ4v) is 2.48. The Labute approximate surface area is 137 Å². The number of hydrogen-bond acceptors (Lipinski definition) is 7. The molecule has 5 N–H and O–H groups in total. The Bertz CT molecular complexity index is 638. The number of ether oxygens (including phenoxy) is 1. The molecule has 1 aromatic rings. The van der Waals surface area contributed by atoms with Crippen LogP contribution in [0.25, 0.3) is 6.08 Å². The van der Waals surface area contributed by atoms with Gasteiger partial charge in [0.25, 0.3) is 0 Å². The first-order valence-electron chi connectivity index (χ1n) is 7.21. The third-order valence-corrected chi connectivity index (χ3v) is 3.83. The SMILES string of the molecule is O=C(/C=C/c1ccc(O)cc1)OC1C[C@@](O)(C(=O)O)C[C@@H](O)[C@@H]1O. The molecule has 8 heteroatoms. The quantitative estimate of drug-likeness (QED) is 0.370. The number of rotatable bonds is 4. The molecule has 0 radical (unpaired) electrons. The fraction of sp³-hybridized carbons (Fsp3) is 0.375. The van der Waals surface area contributed by atoms with Crippen molar-refractivity contribution in [1.29, 1.82) is 0 Å². The molecule has 1 aromatic carbocycles. The third-order valence-electron chi connectivity index (χ3n) is 3.83. The topological polar surface area (TPSA) is 145 Å². The second-order valence-electron chi connectivity index (χ2n) is 5.70. The van der Waals surface area contributed by atoms with Crippen LogP contribution in [0.3, 0.4) is 0 Å². The van der Waals surface area contributed by atoms with Crippen LogP contribution in [0.15, 0.2) is 30.3 Å². The Balaban J connectivity index is 2.03. The molecular weight excluding hydrogens is 320 g/mol. The van der Waals surface area contributed by atoms with E-state index in [0.717, 1.165) is 6.08 Å². The average molecular weight is 338 g/mol. The summed E-state index contributed by atoms with van der Waals surface area (Å²) in [5.74, 6) is -2.36. The van der Waals surface area contributed by atoms with Gasteiger partial charge in [0.05, 0.1) is 6.10 Å². The number of aliphatic hydroxyl groups excluding tert-OH is 2. The lowest BCUT2D eigenvalue weighted by Gasteiger charge is -2.39. The van der Waals surface area contributed by atoms with E-state index in [4.69, 9.17) is 14.9 Å². The van der Waals surface area contributed by atoms with Crippen molar-refractivity contribution in [3.8, 4) is 5.75 Å². The molecule has 0 amide bonds. The van der Waals surface area contributed by atoms with E-state index in [-0.39, 0.29) is 5.75 Å². The van der Waals surface area contributed by atoms with Crippen LogP contribution < -0.4 is 0 Å². The number of aliphatic hydroxyl groups is 3. The molecule has 0 aromatic heterocycles. The van der Waals surface area contributed by atoms with E-state index < -0.39 is 48.7 Å². The fourth-order valence-electron chi connectivity index (χ4n) is 2.48. The first-order chi connectivity index (χ1) is 11.2. The summed E-state index contributed by atoms with van der Waals surface area (Å²) in [4.78, 5) is 22.9. The van der Waals surface area contributed by atoms with Gasteiger partial charge in [0.2, 0.25) is 0 Å². The van der Waals surface area contributed by atoms with Crippen molar-refractivity contribution in [2.24, 2.45) is 0 Å². The molecule has 24 heavy (non-hydrogen) atoms. The minimum Gasteiger partial charge on any atom is -0.508 e. The van der Waals surface area contributed by atoms with E-state index in [1.54, 1.807) is 12.1 Å². The molecule has 1 unspecified atom stereocenters. The van der Waals surface area contributed by atoms with Gasteiger partial charge in [-0.25, -0.2) is 9.59 Å². The van der Waals surface area contributed by atoms with Gasteiger partial charge in [-0.1, -0.05) is 12.1 Å². The molecule has 0 aliphatic heterocycles. The lowest BCUT2D eigenvalue weighted by atomic mass is 9.79. The van der Waals surface area contributed by atoms with E-state index in [1.165, 1.54) is 18.2 Å². The second kappa shape index (κ2) is 7.00. The number of esters is 1. The smallest absolute Gasteiger partial charge is 0.335 e. The predicted molar refractivity (Wildman–Crippen MR) is 80.9 cm³/mol. The van der Waals surface area contributed by atoms with E-state index in [9.17, 15) is 24.9 Å². The van der Waals surface area contributed by atoms with Crippen LogP contribution in [0, 0.1) is 0 Å². The standard InChI is InChI=1S/C16H18O8/c17-10-4-1-9(2-5-10)3-6-13(19)24-12-8-16(23,15(21)22)7-11(18)14(12)20/h1-6,11-12,14,17-18,20,23H,7-8H2,(H,21,22)/b6-3+/t11-,12?,14+,16-/m1/s1. The second-order valence-corrected chi connectivity index (χ2v) is 5.70. The van der Waals surface area contributed by atoms with Gasteiger partial charge in [-0.05, 0) is 23.8 Å². The zero-order chi connectivity index (χ0) is 17.9. The molecule has 0 bridgehead atoms. The molecular formula is C16H18O8. The Morgan fingerprint density at radius 1 is 1.17 bits per heavy atom. The van der Waals surface area contributed by atoms with Crippen molar-refractivity contribution < 1.29 is 39.9 Å². The first kappa shape index (κ1) is 17.9. The van der Waals surface area contributed by atoms with Crippen LogP contribution in [-0.4, -0.2) is 61.4 Å². The molecule has 4 atom stereocenters. The minimum absolute atomic E-state index is 0.0713. The molecule has 2 rings (SSSR count). The third kappa shape index (κ3) is 4.10. The number of benzene rings is 1. The number of phenolic OH excluding ortho intramolecular Hbond substituents is 1. The van der Waals surface area contributed by atoms with Crippen molar-refractivity contribution in [2.75, 3.05) is 0 Å². The van der Waals surface area contributed by atoms with Gasteiger partial charge in [0, 0.05) is 18.9 Å². The number of carboxylic acids is 1. The number of carbonyl (C=O) groups is 2.